The van der Waals surface area contributed by atoms with Gasteiger partial charge >= 0.3 is 0 Å². The fourth-order valence-electron chi connectivity index (χ4n) is 2.86. The predicted octanol–water partition coefficient (Wildman–Crippen LogP) is 2.75. The maximum Gasteiger partial charge on any atom is 0.0807 e. The summed E-state index contributed by atoms with van der Waals surface area (Å²) in [7, 11) is 0. The molecule has 1 unspecified atom stereocenters. The van der Waals surface area contributed by atoms with Gasteiger partial charge in [0.15, 0.2) is 0 Å². The number of nitrogens with zero attached hydrogens (tertiary/aromatic N) is 1. The Kier molecular flexibility index (Phi) is 2.17. The number of aliphatic hydroxyl groups is 1. The number of allylic oxidation sites excluding steroid dienone is 2. The SMILES string of the molecule is OC1CCCc2c1ccn2C1CC=CC1. The van der Waals surface area contributed by atoms with E-state index in [0.717, 1.165) is 32.1 Å². The van der Waals surface area contributed by atoms with Gasteiger partial charge in [-0.2, -0.15) is 0 Å². The van der Waals surface area contributed by atoms with Crippen LogP contribution in [0.4, 0.5) is 0 Å². The molecule has 0 radical (unpaired) electrons. The van der Waals surface area contributed by atoms with Crippen LogP contribution in [0.1, 0.15) is 49.1 Å². The Balaban J connectivity index is 1.96. The van der Waals surface area contributed by atoms with Gasteiger partial charge in [0.25, 0.3) is 0 Å². The fourth-order valence-corrected chi connectivity index (χ4v) is 2.86. The second kappa shape index (κ2) is 3.53. The highest BCUT2D eigenvalue weighted by Gasteiger charge is 2.24. The molecule has 2 aliphatic rings. The molecule has 0 saturated carbocycles. The van der Waals surface area contributed by atoms with E-state index in [0.29, 0.717) is 6.04 Å². The molecule has 1 aromatic rings. The molecule has 1 N–H and O–H groups in total. The van der Waals surface area contributed by atoms with Gasteiger partial charge in [0.2, 0.25) is 0 Å². The summed E-state index contributed by atoms with van der Waals surface area (Å²) in [6, 6.07) is 2.72. The van der Waals surface area contributed by atoms with Gasteiger partial charge in [-0.1, -0.05) is 12.2 Å². The Morgan fingerprint density at radius 1 is 1.27 bits per heavy atom. The van der Waals surface area contributed by atoms with Crippen LogP contribution in [-0.2, 0) is 6.42 Å². The van der Waals surface area contributed by atoms with Crippen LogP contribution in [0.3, 0.4) is 0 Å². The third-order valence-electron chi connectivity index (χ3n) is 3.69. The predicted molar refractivity (Wildman–Crippen MR) is 59.7 cm³/mol. The van der Waals surface area contributed by atoms with Gasteiger partial charge < -0.3 is 9.67 Å². The maximum atomic E-state index is 9.89. The highest BCUT2D eigenvalue weighted by molar-refractivity contribution is 5.28. The number of fused-ring (bicyclic) bond motifs is 1. The van der Waals surface area contributed by atoms with Crippen LogP contribution in [-0.4, -0.2) is 9.67 Å². The molecular weight excluding hydrogens is 186 g/mol. The highest BCUT2D eigenvalue weighted by Crippen LogP contribution is 2.34. The third kappa shape index (κ3) is 1.44. The average molecular weight is 203 g/mol. The van der Waals surface area contributed by atoms with Gasteiger partial charge in [-0.05, 0) is 38.2 Å². The zero-order valence-electron chi connectivity index (χ0n) is 8.89. The smallest absolute Gasteiger partial charge is 0.0807 e. The lowest BCUT2D eigenvalue weighted by Gasteiger charge is -2.23. The molecule has 1 aromatic heterocycles. The minimum atomic E-state index is -0.218. The van der Waals surface area contributed by atoms with Crippen molar-refractivity contribution in [2.24, 2.45) is 0 Å². The number of hydrogen-bond donors (Lipinski definition) is 1. The maximum absolute atomic E-state index is 9.89. The minimum Gasteiger partial charge on any atom is -0.388 e. The van der Waals surface area contributed by atoms with Crippen molar-refractivity contribution >= 4 is 0 Å². The molecule has 3 rings (SSSR count). The first kappa shape index (κ1) is 9.22. The van der Waals surface area contributed by atoms with E-state index in [1.54, 1.807) is 0 Å². The zero-order valence-corrected chi connectivity index (χ0v) is 8.89. The lowest BCUT2D eigenvalue weighted by atomic mass is 9.95. The van der Waals surface area contributed by atoms with Crippen molar-refractivity contribution in [3.8, 4) is 0 Å². The molecule has 80 valence electrons. The first-order chi connectivity index (χ1) is 7.36. The summed E-state index contributed by atoms with van der Waals surface area (Å²) < 4.78 is 2.39. The first-order valence-corrected chi connectivity index (χ1v) is 5.89. The molecule has 2 aliphatic carbocycles. The van der Waals surface area contributed by atoms with Gasteiger partial charge in [0.05, 0.1) is 6.10 Å². The van der Waals surface area contributed by atoms with Crippen LogP contribution < -0.4 is 0 Å². The molecule has 1 atom stereocenters. The van der Waals surface area contributed by atoms with E-state index in [1.807, 2.05) is 0 Å². The molecule has 1 heterocycles. The zero-order chi connectivity index (χ0) is 10.3. The second-order valence-electron chi connectivity index (χ2n) is 4.63. The third-order valence-corrected chi connectivity index (χ3v) is 3.69. The Morgan fingerprint density at radius 2 is 2.07 bits per heavy atom. The molecule has 0 bridgehead atoms. The normalized spacial score (nSPS) is 25.8. The Morgan fingerprint density at radius 3 is 2.87 bits per heavy atom. The van der Waals surface area contributed by atoms with E-state index in [9.17, 15) is 5.11 Å². The minimum absolute atomic E-state index is 0.218. The number of aromatic nitrogens is 1. The summed E-state index contributed by atoms with van der Waals surface area (Å²) >= 11 is 0. The molecule has 0 fully saturated rings. The van der Waals surface area contributed by atoms with Crippen LogP contribution in [0, 0.1) is 0 Å². The lowest BCUT2D eigenvalue weighted by molar-refractivity contribution is 0.155. The molecule has 0 amide bonds. The van der Waals surface area contributed by atoms with Crippen LogP contribution >= 0.6 is 0 Å². The molecule has 0 aliphatic heterocycles. The van der Waals surface area contributed by atoms with Gasteiger partial charge in [0, 0.05) is 23.5 Å². The molecule has 0 aromatic carbocycles. The van der Waals surface area contributed by atoms with Gasteiger partial charge in [-0.25, -0.2) is 0 Å². The van der Waals surface area contributed by atoms with Crippen LogP contribution in [0.25, 0.3) is 0 Å². The monoisotopic (exact) mass is 203 g/mol. The van der Waals surface area contributed by atoms with E-state index in [4.69, 9.17) is 0 Å². The van der Waals surface area contributed by atoms with E-state index in [1.165, 1.54) is 11.3 Å². The van der Waals surface area contributed by atoms with Crippen LogP contribution in [0.5, 0.6) is 0 Å². The van der Waals surface area contributed by atoms with Gasteiger partial charge in [-0.3, -0.25) is 0 Å². The number of hydrogen-bond acceptors (Lipinski definition) is 1. The number of rotatable bonds is 1. The highest BCUT2D eigenvalue weighted by atomic mass is 16.3. The lowest BCUT2D eigenvalue weighted by Crippen LogP contribution is -2.14. The van der Waals surface area contributed by atoms with E-state index in [-0.39, 0.29) is 6.10 Å². The van der Waals surface area contributed by atoms with E-state index in [2.05, 4.69) is 29.0 Å². The average Bonchev–Trinajstić information content (AvgIpc) is 2.85. The summed E-state index contributed by atoms with van der Waals surface area (Å²) in [4.78, 5) is 0. The Bertz CT molecular complexity index is 383. The summed E-state index contributed by atoms with van der Waals surface area (Å²) in [6.45, 7) is 0. The van der Waals surface area contributed by atoms with Crippen LogP contribution in [0.15, 0.2) is 24.4 Å². The number of aliphatic hydroxyl groups excluding tert-OH is 1. The van der Waals surface area contributed by atoms with Gasteiger partial charge in [0.1, 0.15) is 0 Å². The molecule has 0 saturated heterocycles. The molecule has 2 nitrogen and oxygen atoms in total. The summed E-state index contributed by atoms with van der Waals surface area (Å²) in [6.07, 6.45) is 12.0. The topological polar surface area (TPSA) is 25.2 Å². The molecule has 15 heavy (non-hydrogen) atoms. The molecule has 2 heteroatoms. The van der Waals surface area contributed by atoms with Crippen molar-refractivity contribution in [2.75, 3.05) is 0 Å². The molecule has 0 spiro atoms. The van der Waals surface area contributed by atoms with Crippen molar-refractivity contribution in [2.45, 2.75) is 44.2 Å². The van der Waals surface area contributed by atoms with Gasteiger partial charge in [-0.15, -0.1) is 0 Å². The molecular formula is C13H17NO. The standard InChI is InChI=1S/C13H17NO/c15-13-7-3-6-12-11(13)8-9-14(12)10-4-1-2-5-10/h1-2,8-10,13,15H,3-7H2. The van der Waals surface area contributed by atoms with E-state index < -0.39 is 0 Å². The first-order valence-electron chi connectivity index (χ1n) is 5.89. The second-order valence-corrected chi connectivity index (χ2v) is 4.63. The summed E-state index contributed by atoms with van der Waals surface area (Å²) in [5, 5.41) is 9.89. The van der Waals surface area contributed by atoms with E-state index >= 15 is 0 Å². The Labute approximate surface area is 90.2 Å². The van der Waals surface area contributed by atoms with Crippen molar-refractivity contribution in [1.29, 1.82) is 0 Å². The Hall–Kier alpha value is -1.02. The van der Waals surface area contributed by atoms with Crippen molar-refractivity contribution in [3.05, 3.63) is 35.7 Å². The van der Waals surface area contributed by atoms with Crippen molar-refractivity contribution in [1.82, 2.24) is 4.57 Å². The summed E-state index contributed by atoms with van der Waals surface area (Å²) in [5.41, 5.74) is 2.55. The van der Waals surface area contributed by atoms with Crippen molar-refractivity contribution < 1.29 is 5.11 Å². The fraction of sp³-hybridized carbons (Fsp3) is 0.538. The van der Waals surface area contributed by atoms with Crippen LogP contribution in [0.2, 0.25) is 0 Å². The summed E-state index contributed by atoms with van der Waals surface area (Å²) in [5.74, 6) is 0. The van der Waals surface area contributed by atoms with Crippen molar-refractivity contribution in [3.63, 3.8) is 0 Å². The quantitative estimate of drug-likeness (QED) is 0.697. The largest absolute Gasteiger partial charge is 0.388 e.